The molecule has 0 aromatic heterocycles. The third-order valence-electron chi connectivity index (χ3n) is 5.77. The Balaban J connectivity index is 1.84. The molecule has 0 aliphatic carbocycles. The zero-order valence-corrected chi connectivity index (χ0v) is 19.1. The van der Waals surface area contributed by atoms with Crippen LogP contribution in [0.5, 0.6) is 0 Å². The number of amides is 1. The van der Waals surface area contributed by atoms with Gasteiger partial charge in [-0.25, -0.2) is 4.39 Å². The molecule has 0 radical (unpaired) electrons. The molecule has 8 heteroatoms. The number of sulfonamides is 1. The van der Waals surface area contributed by atoms with Crippen molar-refractivity contribution in [3.05, 3.63) is 58.9 Å². The van der Waals surface area contributed by atoms with E-state index in [9.17, 15) is 17.6 Å². The van der Waals surface area contributed by atoms with Gasteiger partial charge < -0.3 is 10.2 Å². The highest BCUT2D eigenvalue weighted by Gasteiger charge is 2.25. The molecule has 3 rings (SSSR count). The van der Waals surface area contributed by atoms with Gasteiger partial charge in [0.25, 0.3) is 15.9 Å². The topological polar surface area (TPSA) is 78.8 Å². The van der Waals surface area contributed by atoms with E-state index in [0.29, 0.717) is 16.8 Å². The number of piperidine rings is 1. The van der Waals surface area contributed by atoms with Crippen molar-refractivity contribution in [3.8, 4) is 0 Å². The van der Waals surface area contributed by atoms with E-state index < -0.39 is 20.7 Å². The molecule has 31 heavy (non-hydrogen) atoms. The lowest BCUT2D eigenvalue weighted by Gasteiger charge is -2.28. The Hall–Kier alpha value is -2.58. The first-order valence-corrected chi connectivity index (χ1v) is 11.7. The molecule has 166 valence electrons. The lowest BCUT2D eigenvalue weighted by molar-refractivity contribution is 0.102. The van der Waals surface area contributed by atoms with E-state index in [4.69, 9.17) is 0 Å². The number of carbonyl (C=O) groups excluding carboxylic acids is 1. The van der Waals surface area contributed by atoms with Crippen LogP contribution in [0, 0.1) is 25.6 Å². The third kappa shape index (κ3) is 5.37. The van der Waals surface area contributed by atoms with E-state index in [1.54, 1.807) is 26.0 Å². The largest absolute Gasteiger partial charge is 0.322 e. The molecule has 1 saturated heterocycles. The van der Waals surface area contributed by atoms with Crippen LogP contribution in [0.3, 0.4) is 0 Å². The van der Waals surface area contributed by atoms with Gasteiger partial charge in [-0.05, 0) is 83.1 Å². The van der Waals surface area contributed by atoms with Crippen LogP contribution >= 0.6 is 0 Å². The molecule has 1 heterocycles. The van der Waals surface area contributed by atoms with Crippen LogP contribution in [-0.2, 0) is 10.0 Å². The number of nitrogens with one attached hydrogen (secondary N) is 1. The van der Waals surface area contributed by atoms with E-state index in [2.05, 4.69) is 14.6 Å². The first-order chi connectivity index (χ1) is 14.6. The summed E-state index contributed by atoms with van der Waals surface area (Å²) >= 11 is 0. The zero-order chi connectivity index (χ0) is 22.8. The summed E-state index contributed by atoms with van der Waals surface area (Å²) in [4.78, 5) is 14.3. The minimum absolute atomic E-state index is 0.0720. The van der Waals surface area contributed by atoms with Gasteiger partial charge in [-0.3, -0.25) is 4.79 Å². The van der Waals surface area contributed by atoms with Crippen molar-refractivity contribution in [3.63, 3.8) is 0 Å². The van der Waals surface area contributed by atoms with Gasteiger partial charge in [-0.1, -0.05) is 18.2 Å². The second kappa shape index (κ2) is 9.28. The van der Waals surface area contributed by atoms with Gasteiger partial charge in [0.1, 0.15) is 10.7 Å². The van der Waals surface area contributed by atoms with Crippen LogP contribution in [0.15, 0.2) is 45.7 Å². The molecular formula is C23H28FN3O3S. The maximum atomic E-state index is 14.8. The molecule has 2 aromatic rings. The van der Waals surface area contributed by atoms with Crippen molar-refractivity contribution in [2.45, 2.75) is 38.5 Å². The summed E-state index contributed by atoms with van der Waals surface area (Å²) in [5.41, 5.74) is 2.42. The Morgan fingerprint density at radius 3 is 2.42 bits per heavy atom. The van der Waals surface area contributed by atoms with Crippen molar-refractivity contribution in [1.29, 1.82) is 0 Å². The number of hydrogen-bond acceptors (Lipinski definition) is 4. The molecule has 0 bridgehead atoms. The molecule has 0 unspecified atom stereocenters. The number of anilines is 1. The van der Waals surface area contributed by atoms with Crippen LogP contribution in [0.2, 0.25) is 0 Å². The quantitative estimate of drug-likeness (QED) is 0.700. The number of likely N-dealkylation sites (tertiary alicyclic amines) is 1. The number of aryl methyl sites for hydroxylation is 2. The summed E-state index contributed by atoms with van der Waals surface area (Å²) in [6, 6.07) is 9.32. The van der Waals surface area contributed by atoms with Crippen LogP contribution in [0.4, 0.5) is 10.1 Å². The summed E-state index contributed by atoms with van der Waals surface area (Å²) in [6.07, 6.45) is 1.65. The molecule has 0 saturated carbocycles. The van der Waals surface area contributed by atoms with Gasteiger partial charge in [0.05, 0.1) is 0 Å². The zero-order valence-electron chi connectivity index (χ0n) is 18.3. The van der Waals surface area contributed by atoms with Gasteiger partial charge in [-0.2, -0.15) is 12.8 Å². The predicted octanol–water partition coefficient (Wildman–Crippen LogP) is 4.19. The van der Waals surface area contributed by atoms with E-state index in [1.807, 2.05) is 26.1 Å². The highest BCUT2D eigenvalue weighted by molar-refractivity contribution is 7.90. The van der Waals surface area contributed by atoms with E-state index in [0.717, 1.165) is 37.6 Å². The van der Waals surface area contributed by atoms with Crippen LogP contribution in [0.25, 0.3) is 0 Å². The van der Waals surface area contributed by atoms with Gasteiger partial charge in [0, 0.05) is 22.9 Å². The smallest absolute Gasteiger partial charge is 0.285 e. The molecule has 1 amide bonds. The maximum absolute atomic E-state index is 14.8. The number of rotatable bonds is 5. The molecular weight excluding hydrogens is 417 g/mol. The Bertz CT molecular complexity index is 1120. The van der Waals surface area contributed by atoms with E-state index in [1.165, 1.54) is 6.07 Å². The Labute approximate surface area is 183 Å². The summed E-state index contributed by atoms with van der Waals surface area (Å²) in [5, 5.41) is 2.67. The van der Waals surface area contributed by atoms with E-state index in [-0.39, 0.29) is 17.5 Å². The SMILES string of the molecule is C/C(=N/S(=O)(=O)c1cc(C)c(NC(=O)c2ccccc2C)cc1F)C1CCN(C)CC1. The van der Waals surface area contributed by atoms with Gasteiger partial charge >= 0.3 is 0 Å². The van der Waals surface area contributed by atoms with Crippen molar-refractivity contribution in [1.82, 2.24) is 4.90 Å². The fourth-order valence-electron chi connectivity index (χ4n) is 3.74. The van der Waals surface area contributed by atoms with Crippen molar-refractivity contribution in [2.75, 3.05) is 25.5 Å². The Morgan fingerprint density at radius 1 is 1.13 bits per heavy atom. The van der Waals surface area contributed by atoms with E-state index >= 15 is 0 Å². The molecule has 1 N–H and O–H groups in total. The standard InChI is InChI=1S/C23H28FN3O3S/c1-15-7-5-6-8-19(15)23(28)25-21-14-20(24)22(13-16(21)2)31(29,30)26-17(3)18-9-11-27(4)12-10-18/h5-8,13-14,18H,9-12H2,1-4H3,(H,25,28)/b26-17-. The van der Waals surface area contributed by atoms with Crippen molar-refractivity contribution in [2.24, 2.45) is 10.3 Å². The molecule has 2 aromatic carbocycles. The summed E-state index contributed by atoms with van der Waals surface area (Å²) in [6.45, 7) is 6.87. The Kier molecular flexibility index (Phi) is 6.91. The normalized spacial score (nSPS) is 16.4. The first kappa shape index (κ1) is 23.1. The Morgan fingerprint density at radius 2 is 1.77 bits per heavy atom. The average Bonchev–Trinajstić information content (AvgIpc) is 2.70. The van der Waals surface area contributed by atoms with Gasteiger partial charge in [0.15, 0.2) is 0 Å². The molecule has 6 nitrogen and oxygen atoms in total. The van der Waals surface area contributed by atoms with Crippen molar-refractivity contribution >= 4 is 27.3 Å². The number of halogens is 1. The third-order valence-corrected chi connectivity index (χ3v) is 7.17. The van der Waals surface area contributed by atoms with Crippen LogP contribution in [0.1, 0.15) is 41.3 Å². The van der Waals surface area contributed by atoms with Crippen molar-refractivity contribution < 1.29 is 17.6 Å². The van der Waals surface area contributed by atoms with Crippen LogP contribution in [-0.4, -0.2) is 45.1 Å². The number of hydrogen-bond donors (Lipinski definition) is 1. The highest BCUT2D eigenvalue weighted by atomic mass is 32.2. The lowest BCUT2D eigenvalue weighted by atomic mass is 9.93. The molecule has 1 aliphatic heterocycles. The molecule has 1 fully saturated rings. The molecule has 0 atom stereocenters. The second-order valence-corrected chi connectivity index (χ2v) is 9.72. The monoisotopic (exact) mass is 445 g/mol. The van der Waals surface area contributed by atoms with Crippen LogP contribution < -0.4 is 5.32 Å². The highest BCUT2D eigenvalue weighted by Crippen LogP contribution is 2.27. The van der Waals surface area contributed by atoms with Gasteiger partial charge in [0.2, 0.25) is 0 Å². The minimum atomic E-state index is -4.19. The summed E-state index contributed by atoms with van der Waals surface area (Å²) in [7, 11) is -2.17. The number of carbonyl (C=O) groups is 1. The number of benzene rings is 2. The lowest BCUT2D eigenvalue weighted by Crippen LogP contribution is -2.33. The number of nitrogens with zero attached hydrogens (tertiary/aromatic N) is 2. The predicted molar refractivity (Wildman–Crippen MR) is 121 cm³/mol. The maximum Gasteiger partial charge on any atom is 0.285 e. The minimum Gasteiger partial charge on any atom is -0.322 e. The summed E-state index contributed by atoms with van der Waals surface area (Å²) < 4.78 is 44.3. The fourth-order valence-corrected chi connectivity index (χ4v) is 5.00. The molecule has 0 spiro atoms. The summed E-state index contributed by atoms with van der Waals surface area (Å²) in [5.74, 6) is -1.25. The second-order valence-electron chi connectivity index (χ2n) is 8.15. The first-order valence-electron chi connectivity index (χ1n) is 10.3. The van der Waals surface area contributed by atoms with Gasteiger partial charge in [-0.15, -0.1) is 0 Å². The average molecular weight is 446 g/mol. The fraction of sp³-hybridized carbons (Fsp3) is 0.391. The molecule has 1 aliphatic rings.